The number of hydrogen-bond acceptors (Lipinski definition) is 2. The zero-order valence-electron chi connectivity index (χ0n) is 21.0. The number of rotatable bonds is 6. The molecule has 0 spiro atoms. The van der Waals surface area contributed by atoms with E-state index >= 15 is 0 Å². The Bertz CT molecular complexity index is 1500. The molecule has 0 saturated carbocycles. The molecular weight excluding hydrogens is 452 g/mol. The Morgan fingerprint density at radius 1 is 0.714 bits per heavy atom. The van der Waals surface area contributed by atoms with Crippen LogP contribution in [0.25, 0.3) is 44.2 Å². The monoisotopic (exact) mass is 484 g/mol. The Labute approximate surface area is 214 Å². The molecule has 0 bridgehead atoms. The van der Waals surface area contributed by atoms with E-state index in [0.29, 0.717) is 0 Å². The van der Waals surface area contributed by atoms with Crippen LogP contribution in [-0.2, 0) is 0 Å². The summed E-state index contributed by atoms with van der Waals surface area (Å²) < 4.78 is 8.99. The molecule has 3 aromatic rings. The Morgan fingerprint density at radius 2 is 1.46 bits per heavy atom. The van der Waals surface area contributed by atoms with Gasteiger partial charge in [0.15, 0.2) is 0 Å². The van der Waals surface area contributed by atoms with Crippen LogP contribution in [0.15, 0.2) is 83.3 Å². The van der Waals surface area contributed by atoms with Crippen molar-refractivity contribution in [2.75, 3.05) is 31.1 Å². The fraction of sp³-hybridized carbons (Fsp3) is 0.258. The van der Waals surface area contributed by atoms with Crippen LogP contribution >= 0.6 is 0 Å². The second kappa shape index (κ2) is 10.5. The van der Waals surface area contributed by atoms with Crippen molar-refractivity contribution >= 4 is 27.4 Å². The summed E-state index contributed by atoms with van der Waals surface area (Å²) in [6.45, 7) is 12.7. The largest absolute Gasteiger partial charge is 1.00 e. The maximum Gasteiger partial charge on any atom is 0.203 e. The summed E-state index contributed by atoms with van der Waals surface area (Å²) in [5.74, 6) is 0.927. The van der Waals surface area contributed by atoms with E-state index in [1.54, 1.807) is 0 Å². The van der Waals surface area contributed by atoms with Crippen molar-refractivity contribution in [1.82, 2.24) is 4.58 Å². The van der Waals surface area contributed by atoms with Crippen LogP contribution in [0.4, 0.5) is 5.69 Å². The van der Waals surface area contributed by atoms with Gasteiger partial charge in [-0.3, -0.25) is 0 Å². The Balaban J connectivity index is 0.00000289. The van der Waals surface area contributed by atoms with E-state index in [1.807, 2.05) is 0 Å². The van der Waals surface area contributed by atoms with E-state index in [9.17, 15) is 0 Å². The van der Waals surface area contributed by atoms with Crippen LogP contribution in [0.2, 0.25) is 0 Å². The number of halogens is 1. The highest BCUT2D eigenvalue weighted by Crippen LogP contribution is 2.43. The summed E-state index contributed by atoms with van der Waals surface area (Å²) in [7, 11) is 0. The van der Waals surface area contributed by atoms with Crippen molar-refractivity contribution in [1.29, 1.82) is 0 Å². The first-order chi connectivity index (χ1) is 16.7. The van der Waals surface area contributed by atoms with E-state index in [2.05, 4.69) is 116 Å². The highest BCUT2D eigenvalue weighted by atomic mass is 35.5. The van der Waals surface area contributed by atoms with E-state index in [4.69, 9.17) is 4.42 Å². The molecule has 1 heterocycles. The van der Waals surface area contributed by atoms with Crippen LogP contribution < -0.4 is 27.2 Å². The lowest BCUT2D eigenvalue weighted by atomic mass is 9.90. The van der Waals surface area contributed by atoms with Crippen molar-refractivity contribution in [3.63, 3.8) is 0 Å². The molecule has 0 aromatic heterocycles. The smallest absolute Gasteiger partial charge is 0.203 e. The Morgan fingerprint density at radius 3 is 2.20 bits per heavy atom. The predicted molar refractivity (Wildman–Crippen MR) is 146 cm³/mol. The number of anilines is 1. The third-order valence-electron chi connectivity index (χ3n) is 7.01. The van der Waals surface area contributed by atoms with Gasteiger partial charge in [0.2, 0.25) is 5.36 Å². The summed E-state index contributed by atoms with van der Waals surface area (Å²) in [6, 6.07) is 28.6. The molecule has 0 atom stereocenters. The molecule has 1 aliphatic heterocycles. The van der Waals surface area contributed by atoms with Gasteiger partial charge in [-0.1, -0.05) is 42.5 Å². The summed E-state index contributed by atoms with van der Waals surface area (Å²) in [5, 5.41) is 4.86. The van der Waals surface area contributed by atoms with Gasteiger partial charge in [0, 0.05) is 47.4 Å². The van der Waals surface area contributed by atoms with Gasteiger partial charge >= 0.3 is 0 Å². The average Bonchev–Trinajstić information content (AvgIpc) is 2.88. The minimum absolute atomic E-state index is 0. The minimum atomic E-state index is 0. The molecular formula is C31H33ClN2O. The lowest BCUT2D eigenvalue weighted by Gasteiger charge is -2.22. The van der Waals surface area contributed by atoms with Crippen molar-refractivity contribution in [2.45, 2.75) is 27.7 Å². The molecule has 1 aliphatic carbocycles. The van der Waals surface area contributed by atoms with E-state index in [1.165, 1.54) is 32.9 Å². The first-order valence-electron chi connectivity index (χ1n) is 12.5. The fourth-order valence-electron chi connectivity index (χ4n) is 5.17. The minimum Gasteiger partial charge on any atom is -1.00 e. The lowest BCUT2D eigenvalue weighted by molar-refractivity contribution is -0.00000733. The van der Waals surface area contributed by atoms with E-state index < -0.39 is 0 Å². The number of nitrogens with zero attached hydrogens (tertiary/aromatic N) is 2. The van der Waals surface area contributed by atoms with E-state index in [-0.39, 0.29) is 12.4 Å². The third kappa shape index (κ3) is 4.41. The highest BCUT2D eigenvalue weighted by molar-refractivity contribution is 6.09. The molecule has 3 nitrogen and oxygen atoms in total. The fourth-order valence-corrected chi connectivity index (χ4v) is 5.17. The molecule has 3 aromatic carbocycles. The van der Waals surface area contributed by atoms with Crippen molar-refractivity contribution < 1.29 is 16.8 Å². The molecule has 0 saturated heterocycles. The van der Waals surface area contributed by atoms with Crippen molar-refractivity contribution in [2.24, 2.45) is 0 Å². The predicted octanol–water partition coefficient (Wildman–Crippen LogP) is 4.02. The third-order valence-corrected chi connectivity index (χ3v) is 7.01. The average molecular weight is 485 g/mol. The second-order valence-electron chi connectivity index (χ2n) is 8.71. The number of hydrogen-bond donors (Lipinski definition) is 0. The highest BCUT2D eigenvalue weighted by Gasteiger charge is 2.20. The van der Waals surface area contributed by atoms with Gasteiger partial charge in [-0.2, -0.15) is 0 Å². The number of benzene rings is 4. The standard InChI is InChI=1S/C31H33N2O.ClH/c1-5-32(6-2)23-16-18-27-29(20-23)34-30-21-24(33(7-3)8-4)17-19-28(30)31(27)26-15-11-13-22-12-9-10-14-25(22)26;/h9-21H,5-8H2,1-4H3;1H/q+1;/p-1. The first kappa shape index (κ1) is 24.8. The van der Waals surface area contributed by atoms with Gasteiger partial charge in [-0.05, 0) is 62.2 Å². The molecule has 0 unspecified atom stereocenters. The van der Waals surface area contributed by atoms with Gasteiger partial charge in [0.25, 0.3) is 0 Å². The molecule has 0 N–H and O–H groups in total. The van der Waals surface area contributed by atoms with Crippen LogP contribution in [-0.4, -0.2) is 26.2 Å². The van der Waals surface area contributed by atoms with Crippen LogP contribution in [0.3, 0.4) is 0 Å². The van der Waals surface area contributed by atoms with Gasteiger partial charge in [-0.15, -0.1) is 0 Å². The molecule has 0 amide bonds. The molecule has 0 fully saturated rings. The lowest BCUT2D eigenvalue weighted by Crippen LogP contribution is -3.00. The molecule has 2 aliphatic rings. The molecule has 180 valence electrons. The quantitative estimate of drug-likeness (QED) is 0.268. The summed E-state index contributed by atoms with van der Waals surface area (Å²) >= 11 is 0. The molecule has 4 heteroatoms. The normalized spacial score (nSPS) is 11.1. The Hall–Kier alpha value is -3.30. The van der Waals surface area contributed by atoms with Crippen LogP contribution in [0, 0.1) is 0 Å². The maximum absolute atomic E-state index is 6.63. The van der Waals surface area contributed by atoms with Gasteiger partial charge in [0.05, 0.1) is 6.07 Å². The zero-order valence-corrected chi connectivity index (χ0v) is 21.8. The van der Waals surface area contributed by atoms with Crippen LogP contribution in [0.5, 0.6) is 0 Å². The summed E-state index contributed by atoms with van der Waals surface area (Å²) in [5.41, 5.74) is 5.76. The van der Waals surface area contributed by atoms with Gasteiger partial charge < -0.3 is 21.7 Å². The zero-order chi connectivity index (χ0) is 23.7. The molecule has 5 rings (SSSR count). The van der Waals surface area contributed by atoms with Crippen LogP contribution in [0.1, 0.15) is 27.7 Å². The molecule has 35 heavy (non-hydrogen) atoms. The first-order valence-corrected chi connectivity index (χ1v) is 12.5. The topological polar surface area (TPSA) is 19.4 Å². The second-order valence-corrected chi connectivity index (χ2v) is 8.71. The Kier molecular flexibility index (Phi) is 7.47. The van der Waals surface area contributed by atoms with E-state index in [0.717, 1.165) is 48.5 Å². The van der Waals surface area contributed by atoms with Gasteiger partial charge in [0.1, 0.15) is 24.4 Å². The SMILES string of the molecule is CCN(CC)c1ccc2c(-c3cccc4ccccc34)c3ccc(=[N+](CC)CC)cc-3oc2c1.[Cl-]. The van der Waals surface area contributed by atoms with Crippen molar-refractivity contribution in [3.8, 4) is 22.5 Å². The molecule has 0 radical (unpaired) electrons. The van der Waals surface area contributed by atoms with Crippen molar-refractivity contribution in [3.05, 3.63) is 84.2 Å². The number of fused-ring (bicyclic) bond motifs is 3. The summed E-state index contributed by atoms with van der Waals surface area (Å²) in [4.78, 5) is 2.36. The maximum atomic E-state index is 6.63. The summed E-state index contributed by atoms with van der Waals surface area (Å²) in [6.07, 6.45) is 0. The van der Waals surface area contributed by atoms with Gasteiger partial charge in [-0.25, -0.2) is 4.58 Å².